The average Bonchev–Trinajstić information content (AvgIpc) is 3.15. The van der Waals surface area contributed by atoms with Gasteiger partial charge in [0.1, 0.15) is 4.21 Å². The predicted molar refractivity (Wildman–Crippen MR) is 85.8 cm³/mol. The fraction of sp³-hybridized carbons (Fsp3) is 0.733. The number of sulfonamides is 1. The van der Waals surface area contributed by atoms with E-state index >= 15 is 0 Å². The quantitative estimate of drug-likeness (QED) is 0.807. The third kappa shape index (κ3) is 4.06. The topological polar surface area (TPSA) is 66.4 Å². The summed E-state index contributed by atoms with van der Waals surface area (Å²) in [5.41, 5.74) is 0. The molecule has 0 radical (unpaired) electrons. The van der Waals surface area contributed by atoms with Gasteiger partial charge in [0.15, 0.2) is 0 Å². The van der Waals surface area contributed by atoms with Crippen molar-refractivity contribution >= 4 is 21.4 Å². The van der Waals surface area contributed by atoms with Crippen molar-refractivity contribution in [3.63, 3.8) is 0 Å². The standard InChI is InChI=1S/C15H25NO3S2/c1-3-11(2)14(15(17)12-7-4-5-8-12)16-21(18,19)13-9-6-10-20-13/h6,9-12,14-17H,3-5,7-8H2,1-2H3/t11-,14?,15-/m0/s1. The highest BCUT2D eigenvalue weighted by molar-refractivity contribution is 7.91. The van der Waals surface area contributed by atoms with Gasteiger partial charge in [-0.25, -0.2) is 13.1 Å². The number of aliphatic hydroxyl groups excluding tert-OH is 1. The zero-order chi connectivity index (χ0) is 15.5. The van der Waals surface area contributed by atoms with E-state index in [4.69, 9.17) is 0 Å². The van der Waals surface area contributed by atoms with Crippen LogP contribution < -0.4 is 4.72 Å². The van der Waals surface area contributed by atoms with Crippen molar-refractivity contribution in [3.05, 3.63) is 17.5 Å². The maximum atomic E-state index is 12.4. The first-order valence-electron chi connectivity index (χ1n) is 7.69. The lowest BCUT2D eigenvalue weighted by atomic mass is 9.87. The highest BCUT2D eigenvalue weighted by atomic mass is 32.2. The van der Waals surface area contributed by atoms with Gasteiger partial charge in [0.05, 0.1) is 12.1 Å². The van der Waals surface area contributed by atoms with Crippen LogP contribution in [0, 0.1) is 11.8 Å². The molecule has 2 rings (SSSR count). The summed E-state index contributed by atoms with van der Waals surface area (Å²) in [6, 6.07) is 2.92. The smallest absolute Gasteiger partial charge is 0.250 e. The van der Waals surface area contributed by atoms with E-state index in [1.807, 2.05) is 13.8 Å². The maximum absolute atomic E-state index is 12.4. The van der Waals surface area contributed by atoms with Gasteiger partial charge in [0, 0.05) is 0 Å². The monoisotopic (exact) mass is 331 g/mol. The Bertz CT molecular complexity index is 521. The molecule has 1 saturated carbocycles. The van der Waals surface area contributed by atoms with E-state index in [1.54, 1.807) is 17.5 Å². The van der Waals surface area contributed by atoms with Crippen LogP contribution in [-0.4, -0.2) is 25.7 Å². The Morgan fingerprint density at radius 1 is 1.43 bits per heavy atom. The van der Waals surface area contributed by atoms with Gasteiger partial charge in [-0.15, -0.1) is 11.3 Å². The molecular formula is C15H25NO3S2. The molecule has 1 aromatic heterocycles. The SMILES string of the molecule is CC[C@H](C)C(NS(=O)(=O)c1cccs1)[C@@H](O)C1CCCC1. The van der Waals surface area contributed by atoms with Gasteiger partial charge in [0.25, 0.3) is 0 Å². The molecule has 0 bridgehead atoms. The van der Waals surface area contributed by atoms with Crippen LogP contribution in [0.15, 0.2) is 21.7 Å². The minimum atomic E-state index is -3.54. The summed E-state index contributed by atoms with van der Waals surface area (Å²) in [6.45, 7) is 4.03. The van der Waals surface area contributed by atoms with Crippen LogP contribution in [0.4, 0.5) is 0 Å². The van der Waals surface area contributed by atoms with Crippen molar-refractivity contribution < 1.29 is 13.5 Å². The van der Waals surface area contributed by atoms with Crippen LogP contribution in [0.1, 0.15) is 46.0 Å². The average molecular weight is 332 g/mol. The summed E-state index contributed by atoms with van der Waals surface area (Å²) >= 11 is 1.20. The summed E-state index contributed by atoms with van der Waals surface area (Å²) < 4.78 is 27.9. The fourth-order valence-electron chi connectivity index (χ4n) is 3.02. The van der Waals surface area contributed by atoms with Gasteiger partial charge in [-0.3, -0.25) is 0 Å². The van der Waals surface area contributed by atoms with E-state index in [0.717, 1.165) is 32.1 Å². The molecule has 3 atom stereocenters. The largest absolute Gasteiger partial charge is 0.391 e. The molecule has 0 aromatic carbocycles. The summed E-state index contributed by atoms with van der Waals surface area (Å²) in [5, 5.41) is 12.4. The van der Waals surface area contributed by atoms with E-state index in [9.17, 15) is 13.5 Å². The number of nitrogens with one attached hydrogen (secondary N) is 1. The molecule has 2 N–H and O–H groups in total. The molecule has 1 aromatic rings. The second-order valence-electron chi connectivity index (χ2n) is 6.00. The fourth-order valence-corrected chi connectivity index (χ4v) is 5.39. The molecule has 1 aliphatic rings. The number of aliphatic hydroxyl groups is 1. The van der Waals surface area contributed by atoms with Gasteiger partial charge in [0.2, 0.25) is 10.0 Å². The molecule has 0 amide bonds. The highest BCUT2D eigenvalue weighted by Gasteiger charge is 2.35. The van der Waals surface area contributed by atoms with Crippen LogP contribution in [-0.2, 0) is 10.0 Å². The molecule has 0 spiro atoms. The van der Waals surface area contributed by atoms with E-state index in [2.05, 4.69) is 4.72 Å². The van der Waals surface area contributed by atoms with E-state index in [0.29, 0.717) is 4.21 Å². The zero-order valence-corrected chi connectivity index (χ0v) is 14.3. The number of thiophene rings is 1. The van der Waals surface area contributed by atoms with Crippen molar-refractivity contribution in [2.24, 2.45) is 11.8 Å². The second-order valence-corrected chi connectivity index (χ2v) is 8.89. The highest BCUT2D eigenvalue weighted by Crippen LogP contribution is 2.32. The molecule has 120 valence electrons. The molecule has 21 heavy (non-hydrogen) atoms. The number of hydrogen-bond donors (Lipinski definition) is 2. The molecule has 1 unspecified atom stereocenters. The van der Waals surface area contributed by atoms with E-state index in [1.165, 1.54) is 11.3 Å². The first-order chi connectivity index (χ1) is 9.95. The Labute approximate surface area is 131 Å². The molecular weight excluding hydrogens is 306 g/mol. The molecule has 4 nitrogen and oxygen atoms in total. The first-order valence-corrected chi connectivity index (χ1v) is 10.1. The Hall–Kier alpha value is -0.430. The summed E-state index contributed by atoms with van der Waals surface area (Å²) in [6.07, 6.45) is 4.49. The van der Waals surface area contributed by atoms with Crippen LogP contribution in [0.2, 0.25) is 0 Å². The van der Waals surface area contributed by atoms with Crippen LogP contribution in [0.5, 0.6) is 0 Å². The number of hydrogen-bond acceptors (Lipinski definition) is 4. The lowest BCUT2D eigenvalue weighted by Gasteiger charge is -2.32. The minimum Gasteiger partial charge on any atom is -0.391 e. The maximum Gasteiger partial charge on any atom is 0.250 e. The Balaban J connectivity index is 2.16. The minimum absolute atomic E-state index is 0.107. The summed E-state index contributed by atoms with van der Waals surface area (Å²) in [7, 11) is -3.54. The normalized spacial score (nSPS) is 21.3. The predicted octanol–water partition coefficient (Wildman–Crippen LogP) is 2.99. The molecule has 1 aliphatic carbocycles. The summed E-state index contributed by atoms with van der Waals surface area (Å²) in [4.78, 5) is 0. The number of rotatable bonds is 7. The van der Waals surface area contributed by atoms with Crippen molar-refractivity contribution in [2.75, 3.05) is 0 Å². The second kappa shape index (κ2) is 7.22. The third-order valence-corrected chi connectivity index (χ3v) is 7.42. The van der Waals surface area contributed by atoms with E-state index in [-0.39, 0.29) is 11.8 Å². The lowest BCUT2D eigenvalue weighted by molar-refractivity contribution is 0.0587. The molecule has 6 heteroatoms. The Kier molecular flexibility index (Phi) is 5.82. The van der Waals surface area contributed by atoms with Crippen molar-refractivity contribution in [1.29, 1.82) is 0 Å². The van der Waals surface area contributed by atoms with Crippen molar-refractivity contribution in [1.82, 2.24) is 4.72 Å². The Morgan fingerprint density at radius 3 is 2.62 bits per heavy atom. The van der Waals surface area contributed by atoms with Gasteiger partial charge < -0.3 is 5.11 Å². The van der Waals surface area contributed by atoms with Gasteiger partial charge in [-0.05, 0) is 36.1 Å². The third-order valence-electron chi connectivity index (χ3n) is 4.56. The van der Waals surface area contributed by atoms with Crippen molar-refractivity contribution in [2.45, 2.75) is 62.3 Å². The molecule has 0 aliphatic heterocycles. The first kappa shape index (κ1) is 16.9. The molecule has 0 saturated heterocycles. The van der Waals surface area contributed by atoms with Gasteiger partial charge in [-0.2, -0.15) is 0 Å². The molecule has 1 heterocycles. The lowest BCUT2D eigenvalue weighted by Crippen LogP contribution is -2.49. The van der Waals surface area contributed by atoms with Gasteiger partial charge >= 0.3 is 0 Å². The van der Waals surface area contributed by atoms with Crippen LogP contribution >= 0.6 is 11.3 Å². The summed E-state index contributed by atoms with van der Waals surface area (Å²) in [5.74, 6) is 0.324. The van der Waals surface area contributed by atoms with E-state index < -0.39 is 22.2 Å². The van der Waals surface area contributed by atoms with Crippen LogP contribution in [0.3, 0.4) is 0 Å². The van der Waals surface area contributed by atoms with Gasteiger partial charge in [-0.1, -0.05) is 39.2 Å². The van der Waals surface area contributed by atoms with Crippen molar-refractivity contribution in [3.8, 4) is 0 Å². The molecule has 1 fully saturated rings. The van der Waals surface area contributed by atoms with Crippen LogP contribution in [0.25, 0.3) is 0 Å². The zero-order valence-electron chi connectivity index (χ0n) is 12.7. The Morgan fingerprint density at radius 2 is 2.10 bits per heavy atom.